The van der Waals surface area contributed by atoms with Gasteiger partial charge in [-0.1, -0.05) is 0 Å². The van der Waals surface area contributed by atoms with Gasteiger partial charge >= 0.3 is 0 Å². The SMILES string of the molecule is COc1cc(C(N)=O)ccc1-c1cn2ccncc2n1.Cl. The molecule has 6 nitrogen and oxygen atoms in total. The van der Waals surface area contributed by atoms with Gasteiger partial charge in [-0.2, -0.15) is 0 Å². The fourth-order valence-electron chi connectivity index (χ4n) is 2.03. The Balaban J connectivity index is 0.00000161. The second-order valence-corrected chi connectivity index (χ2v) is 4.25. The Labute approximate surface area is 127 Å². The summed E-state index contributed by atoms with van der Waals surface area (Å²) in [5.41, 5.74) is 7.94. The summed E-state index contributed by atoms with van der Waals surface area (Å²) in [6.45, 7) is 0. The molecule has 3 aromatic rings. The van der Waals surface area contributed by atoms with Crippen LogP contribution in [0.5, 0.6) is 5.75 Å². The fraction of sp³-hybridized carbons (Fsp3) is 0.0714. The molecule has 0 aliphatic rings. The van der Waals surface area contributed by atoms with E-state index in [1.54, 1.807) is 37.7 Å². The van der Waals surface area contributed by atoms with Crippen molar-refractivity contribution in [1.29, 1.82) is 0 Å². The number of carbonyl (C=O) groups excluding carboxylic acids is 1. The third-order valence-corrected chi connectivity index (χ3v) is 3.03. The van der Waals surface area contributed by atoms with Crippen molar-refractivity contribution < 1.29 is 9.53 Å². The van der Waals surface area contributed by atoms with Gasteiger partial charge in [0.25, 0.3) is 0 Å². The molecule has 1 aromatic carbocycles. The Kier molecular flexibility index (Phi) is 4.09. The molecule has 0 fully saturated rings. The number of nitrogens with zero attached hydrogens (tertiary/aromatic N) is 3. The Morgan fingerprint density at radius 3 is 2.86 bits per heavy atom. The summed E-state index contributed by atoms with van der Waals surface area (Å²) < 4.78 is 7.18. The van der Waals surface area contributed by atoms with Crippen LogP contribution in [0.3, 0.4) is 0 Å². The predicted molar refractivity (Wildman–Crippen MR) is 80.7 cm³/mol. The van der Waals surface area contributed by atoms with Gasteiger partial charge in [-0.15, -0.1) is 12.4 Å². The fourth-order valence-corrected chi connectivity index (χ4v) is 2.03. The normalized spacial score (nSPS) is 10.1. The average Bonchev–Trinajstić information content (AvgIpc) is 2.90. The van der Waals surface area contributed by atoms with Gasteiger partial charge < -0.3 is 14.9 Å². The summed E-state index contributed by atoms with van der Waals surface area (Å²) in [6.07, 6.45) is 7.05. The molecule has 2 N–H and O–H groups in total. The van der Waals surface area contributed by atoms with Crippen molar-refractivity contribution >= 4 is 24.0 Å². The lowest BCUT2D eigenvalue weighted by Gasteiger charge is -2.07. The quantitative estimate of drug-likeness (QED) is 0.801. The van der Waals surface area contributed by atoms with Crippen LogP contribution in [0, 0.1) is 0 Å². The minimum absolute atomic E-state index is 0. The van der Waals surface area contributed by atoms with Gasteiger partial charge in [0, 0.05) is 29.7 Å². The third kappa shape index (κ3) is 2.66. The standard InChI is InChI=1S/C14H12N4O2.ClH/c1-20-12-6-9(14(15)19)2-3-10(12)11-8-18-5-4-16-7-13(18)17-11;/h2-8H,1H3,(H2,15,19);1H. The highest BCUT2D eigenvalue weighted by Gasteiger charge is 2.12. The second kappa shape index (κ2) is 5.80. The molecule has 2 aromatic heterocycles. The molecule has 21 heavy (non-hydrogen) atoms. The molecule has 0 aliphatic carbocycles. The number of hydrogen-bond acceptors (Lipinski definition) is 4. The maximum atomic E-state index is 11.2. The van der Waals surface area contributed by atoms with Gasteiger partial charge in [-0.05, 0) is 18.2 Å². The van der Waals surface area contributed by atoms with Crippen molar-refractivity contribution in [1.82, 2.24) is 14.4 Å². The van der Waals surface area contributed by atoms with Crippen molar-refractivity contribution in [2.75, 3.05) is 7.11 Å². The van der Waals surface area contributed by atoms with Gasteiger partial charge in [-0.3, -0.25) is 9.78 Å². The van der Waals surface area contributed by atoms with E-state index >= 15 is 0 Å². The second-order valence-electron chi connectivity index (χ2n) is 4.25. The molecule has 0 saturated heterocycles. The maximum Gasteiger partial charge on any atom is 0.248 e. The number of benzene rings is 1. The topological polar surface area (TPSA) is 82.5 Å². The molecule has 2 heterocycles. The molecule has 0 bridgehead atoms. The largest absolute Gasteiger partial charge is 0.496 e. The first kappa shape index (κ1) is 14.8. The molecule has 108 valence electrons. The zero-order valence-corrected chi connectivity index (χ0v) is 12.0. The van der Waals surface area contributed by atoms with Crippen molar-refractivity contribution in [2.45, 2.75) is 0 Å². The predicted octanol–water partition coefficient (Wildman–Crippen LogP) is 1.93. The summed E-state index contributed by atoms with van der Waals surface area (Å²) in [5, 5.41) is 0. The van der Waals surface area contributed by atoms with Gasteiger partial charge in [0.15, 0.2) is 5.65 Å². The number of ether oxygens (including phenoxy) is 1. The zero-order valence-electron chi connectivity index (χ0n) is 11.2. The van der Waals surface area contributed by atoms with Crippen LogP contribution in [-0.4, -0.2) is 27.4 Å². The minimum Gasteiger partial charge on any atom is -0.496 e. The van der Waals surface area contributed by atoms with Crippen LogP contribution in [0.25, 0.3) is 16.9 Å². The van der Waals surface area contributed by atoms with Crippen LogP contribution in [0.15, 0.2) is 43.0 Å². The molecule has 0 radical (unpaired) electrons. The number of nitrogens with two attached hydrogens (primary N) is 1. The number of hydrogen-bond donors (Lipinski definition) is 1. The van der Waals surface area contributed by atoms with E-state index in [4.69, 9.17) is 10.5 Å². The Hall–Kier alpha value is -2.60. The van der Waals surface area contributed by atoms with Crippen LogP contribution in [0.2, 0.25) is 0 Å². The molecular formula is C14H13ClN4O2. The highest BCUT2D eigenvalue weighted by molar-refractivity contribution is 5.94. The van der Waals surface area contributed by atoms with Crippen molar-refractivity contribution in [3.05, 3.63) is 48.5 Å². The zero-order chi connectivity index (χ0) is 14.1. The monoisotopic (exact) mass is 304 g/mol. The van der Waals surface area contributed by atoms with Gasteiger partial charge in [0.2, 0.25) is 5.91 Å². The highest BCUT2D eigenvalue weighted by Crippen LogP contribution is 2.30. The highest BCUT2D eigenvalue weighted by atomic mass is 35.5. The van der Waals surface area contributed by atoms with Gasteiger partial charge in [-0.25, -0.2) is 4.98 Å². The first-order valence-electron chi connectivity index (χ1n) is 5.96. The summed E-state index contributed by atoms with van der Waals surface area (Å²) in [7, 11) is 1.54. The van der Waals surface area contributed by atoms with Crippen LogP contribution in [0.4, 0.5) is 0 Å². The minimum atomic E-state index is -0.492. The van der Waals surface area contributed by atoms with E-state index in [1.165, 1.54) is 0 Å². The number of rotatable bonds is 3. The number of halogens is 1. The van der Waals surface area contributed by atoms with E-state index in [-0.39, 0.29) is 12.4 Å². The molecule has 0 spiro atoms. The number of carbonyl (C=O) groups is 1. The van der Waals surface area contributed by atoms with Crippen molar-refractivity contribution in [3.8, 4) is 17.0 Å². The Morgan fingerprint density at radius 1 is 1.38 bits per heavy atom. The number of imidazole rings is 1. The van der Waals surface area contributed by atoms with Gasteiger partial charge in [0.05, 0.1) is 19.0 Å². The molecule has 1 amide bonds. The van der Waals surface area contributed by atoms with E-state index in [1.807, 2.05) is 16.8 Å². The summed E-state index contributed by atoms with van der Waals surface area (Å²) >= 11 is 0. The van der Waals surface area contributed by atoms with Crippen LogP contribution >= 0.6 is 12.4 Å². The van der Waals surface area contributed by atoms with E-state index in [0.29, 0.717) is 11.3 Å². The van der Waals surface area contributed by atoms with E-state index in [2.05, 4.69) is 9.97 Å². The third-order valence-electron chi connectivity index (χ3n) is 3.03. The number of primary amides is 1. The number of fused-ring (bicyclic) bond motifs is 1. The molecular weight excluding hydrogens is 292 g/mol. The lowest BCUT2D eigenvalue weighted by atomic mass is 10.1. The van der Waals surface area contributed by atoms with Crippen LogP contribution in [0.1, 0.15) is 10.4 Å². The number of aromatic nitrogens is 3. The maximum absolute atomic E-state index is 11.2. The molecule has 3 rings (SSSR count). The van der Waals surface area contributed by atoms with Crippen molar-refractivity contribution in [3.63, 3.8) is 0 Å². The molecule has 0 atom stereocenters. The lowest BCUT2D eigenvalue weighted by Crippen LogP contribution is -2.10. The summed E-state index contributed by atoms with van der Waals surface area (Å²) in [6, 6.07) is 5.04. The smallest absolute Gasteiger partial charge is 0.248 e. The first-order chi connectivity index (χ1) is 9.69. The summed E-state index contributed by atoms with van der Waals surface area (Å²) in [4.78, 5) is 19.7. The summed E-state index contributed by atoms with van der Waals surface area (Å²) in [5.74, 6) is 0.0618. The molecule has 0 unspecified atom stereocenters. The Bertz CT molecular complexity index is 768. The van der Waals surface area contributed by atoms with Crippen LogP contribution in [-0.2, 0) is 0 Å². The first-order valence-corrected chi connectivity index (χ1v) is 5.96. The van der Waals surface area contributed by atoms with E-state index < -0.39 is 5.91 Å². The molecule has 0 saturated carbocycles. The number of methoxy groups -OCH3 is 1. The lowest BCUT2D eigenvalue weighted by molar-refractivity contribution is 0.1000. The molecule has 0 aliphatic heterocycles. The van der Waals surface area contributed by atoms with Crippen LogP contribution < -0.4 is 10.5 Å². The molecule has 7 heteroatoms. The van der Waals surface area contributed by atoms with E-state index in [9.17, 15) is 4.79 Å². The average molecular weight is 305 g/mol. The number of amides is 1. The van der Waals surface area contributed by atoms with E-state index in [0.717, 1.165) is 16.9 Å². The Morgan fingerprint density at radius 2 is 2.19 bits per heavy atom. The van der Waals surface area contributed by atoms with Crippen molar-refractivity contribution in [2.24, 2.45) is 5.73 Å². The van der Waals surface area contributed by atoms with Gasteiger partial charge in [0.1, 0.15) is 5.75 Å².